The molecule has 1 amide bonds. The summed E-state index contributed by atoms with van der Waals surface area (Å²) < 4.78 is 0. The number of carbonyl (C=O) groups is 1. The predicted octanol–water partition coefficient (Wildman–Crippen LogP) is 3.95. The molecule has 3 heterocycles. The number of nitrogens with one attached hydrogen (secondary N) is 1. The summed E-state index contributed by atoms with van der Waals surface area (Å²) >= 11 is 0. The fraction of sp³-hybridized carbons (Fsp3) is 0.480. The van der Waals surface area contributed by atoms with E-state index in [1.807, 2.05) is 49.4 Å². The molecule has 5 nitrogen and oxygen atoms in total. The monoisotopic (exact) mass is 405 g/mol. The number of hydroxylamine groups is 2. The molecule has 158 valence electrons. The van der Waals surface area contributed by atoms with Gasteiger partial charge < -0.3 is 5.32 Å². The molecular formula is C25H31N3O2. The standard InChI is InChI=1S/C25H31N3O2/c1-17(18-6-3-2-4-7-18)28(30)25(29)20-9-10-22-19(14-20)11-13-27-16-21-8-5-12-26-23(21)15-24(22)27/h2-4,6-7,9-10,14,17,21,23-24,26,30H,5,8,11-13,15-16H2,1H3/t17-,21+,23+,24-/m1/s1. The van der Waals surface area contributed by atoms with Gasteiger partial charge in [-0.15, -0.1) is 0 Å². The molecule has 5 heteroatoms. The molecule has 0 bridgehead atoms. The van der Waals surface area contributed by atoms with Crippen molar-refractivity contribution in [1.82, 2.24) is 15.3 Å². The zero-order valence-electron chi connectivity index (χ0n) is 17.6. The van der Waals surface area contributed by atoms with Gasteiger partial charge in [0, 0.05) is 30.7 Å². The highest BCUT2D eigenvalue weighted by Gasteiger charge is 2.39. The highest BCUT2D eigenvalue weighted by Crippen LogP contribution is 2.40. The van der Waals surface area contributed by atoms with Crippen molar-refractivity contribution in [3.63, 3.8) is 0 Å². The quantitative estimate of drug-likeness (QED) is 0.600. The first-order valence-electron chi connectivity index (χ1n) is 11.3. The SMILES string of the molecule is C[C@H](c1ccccc1)N(O)C(=O)c1ccc2c(c1)CCN1C[C@@H]3CCCN[C@H]3C[C@H]21. The van der Waals surface area contributed by atoms with E-state index in [1.54, 1.807) is 0 Å². The molecule has 2 aromatic carbocycles. The number of carbonyl (C=O) groups excluding carboxylic acids is 1. The van der Waals surface area contributed by atoms with Crippen LogP contribution in [0.2, 0.25) is 0 Å². The normalized spacial score (nSPS) is 26.8. The van der Waals surface area contributed by atoms with E-state index in [4.69, 9.17) is 0 Å². The molecule has 30 heavy (non-hydrogen) atoms. The summed E-state index contributed by atoms with van der Waals surface area (Å²) in [5.41, 5.74) is 4.11. The van der Waals surface area contributed by atoms with Crippen molar-refractivity contribution < 1.29 is 10.0 Å². The van der Waals surface area contributed by atoms with Crippen molar-refractivity contribution in [2.75, 3.05) is 19.6 Å². The molecule has 0 aromatic heterocycles. The number of hydrogen-bond acceptors (Lipinski definition) is 4. The van der Waals surface area contributed by atoms with Crippen LogP contribution >= 0.6 is 0 Å². The maximum absolute atomic E-state index is 13.0. The Kier molecular flexibility index (Phi) is 5.35. The van der Waals surface area contributed by atoms with E-state index in [2.05, 4.69) is 16.3 Å². The van der Waals surface area contributed by atoms with Crippen LogP contribution in [0.3, 0.4) is 0 Å². The number of piperidine rings is 2. The van der Waals surface area contributed by atoms with Crippen LogP contribution in [0.25, 0.3) is 0 Å². The molecule has 0 aliphatic carbocycles. The number of amides is 1. The molecule has 5 rings (SSSR count). The van der Waals surface area contributed by atoms with Gasteiger partial charge in [0.25, 0.3) is 5.91 Å². The Bertz CT molecular complexity index is 916. The van der Waals surface area contributed by atoms with E-state index < -0.39 is 6.04 Å². The van der Waals surface area contributed by atoms with Gasteiger partial charge in [-0.3, -0.25) is 14.9 Å². The van der Waals surface area contributed by atoms with Crippen molar-refractivity contribution in [2.45, 2.75) is 50.7 Å². The lowest BCUT2D eigenvalue weighted by Gasteiger charge is -2.49. The molecule has 3 aliphatic heterocycles. The van der Waals surface area contributed by atoms with Crippen LogP contribution in [0.4, 0.5) is 0 Å². The van der Waals surface area contributed by atoms with Gasteiger partial charge in [-0.05, 0) is 73.9 Å². The van der Waals surface area contributed by atoms with E-state index in [0.29, 0.717) is 17.6 Å². The molecule has 0 radical (unpaired) electrons. The minimum Gasteiger partial charge on any atom is -0.314 e. The van der Waals surface area contributed by atoms with Gasteiger partial charge in [0.05, 0.1) is 6.04 Å². The average molecular weight is 406 g/mol. The maximum Gasteiger partial charge on any atom is 0.277 e. The van der Waals surface area contributed by atoms with Crippen LogP contribution in [-0.4, -0.2) is 46.8 Å². The topological polar surface area (TPSA) is 55.8 Å². The van der Waals surface area contributed by atoms with Gasteiger partial charge in [-0.1, -0.05) is 36.4 Å². The lowest BCUT2D eigenvalue weighted by molar-refractivity contribution is -0.0854. The minimum absolute atomic E-state index is 0.339. The molecule has 2 aromatic rings. The summed E-state index contributed by atoms with van der Waals surface area (Å²) in [7, 11) is 0. The smallest absolute Gasteiger partial charge is 0.277 e. The van der Waals surface area contributed by atoms with Crippen LogP contribution in [0.1, 0.15) is 65.3 Å². The number of hydrogen-bond donors (Lipinski definition) is 2. The highest BCUT2D eigenvalue weighted by atomic mass is 16.5. The van der Waals surface area contributed by atoms with Crippen molar-refractivity contribution in [3.8, 4) is 0 Å². The Labute approximate surface area is 178 Å². The molecule has 0 unspecified atom stereocenters. The number of fused-ring (bicyclic) bond motifs is 4. The Morgan fingerprint density at radius 2 is 2.07 bits per heavy atom. The molecule has 2 fully saturated rings. The summed E-state index contributed by atoms with van der Waals surface area (Å²) in [6.45, 7) is 5.22. The Hall–Kier alpha value is -2.21. The van der Waals surface area contributed by atoms with E-state index >= 15 is 0 Å². The zero-order chi connectivity index (χ0) is 20.7. The number of rotatable bonds is 3. The Morgan fingerprint density at radius 3 is 2.90 bits per heavy atom. The van der Waals surface area contributed by atoms with E-state index in [1.165, 1.54) is 30.5 Å². The average Bonchev–Trinajstić information content (AvgIpc) is 2.81. The first-order chi connectivity index (χ1) is 14.6. The molecule has 3 aliphatic rings. The highest BCUT2D eigenvalue weighted by molar-refractivity contribution is 5.94. The van der Waals surface area contributed by atoms with Crippen molar-refractivity contribution in [2.24, 2.45) is 5.92 Å². The Morgan fingerprint density at radius 1 is 1.23 bits per heavy atom. The minimum atomic E-state index is -0.391. The van der Waals surface area contributed by atoms with Crippen LogP contribution < -0.4 is 5.32 Å². The van der Waals surface area contributed by atoms with E-state index in [0.717, 1.165) is 42.5 Å². The third-order valence-electron chi connectivity index (χ3n) is 7.39. The summed E-state index contributed by atoms with van der Waals surface area (Å²) in [5, 5.41) is 15.2. The van der Waals surface area contributed by atoms with Gasteiger partial charge in [-0.25, -0.2) is 5.06 Å². The fourth-order valence-electron chi connectivity index (χ4n) is 5.63. The summed E-state index contributed by atoms with van der Waals surface area (Å²) in [6.07, 6.45) is 4.76. The van der Waals surface area contributed by atoms with Crippen LogP contribution in [-0.2, 0) is 6.42 Å². The largest absolute Gasteiger partial charge is 0.314 e. The predicted molar refractivity (Wildman–Crippen MR) is 116 cm³/mol. The fourth-order valence-corrected chi connectivity index (χ4v) is 5.63. The second-order valence-electron chi connectivity index (χ2n) is 9.11. The molecule has 2 N–H and O–H groups in total. The van der Waals surface area contributed by atoms with Crippen LogP contribution in [0.15, 0.2) is 48.5 Å². The number of nitrogens with zero attached hydrogens (tertiary/aromatic N) is 2. The molecule has 0 saturated carbocycles. The summed E-state index contributed by atoms with van der Waals surface area (Å²) in [4.78, 5) is 15.6. The Balaban J connectivity index is 1.35. The lowest BCUT2D eigenvalue weighted by Crippen LogP contribution is -2.54. The van der Waals surface area contributed by atoms with Crippen LogP contribution in [0.5, 0.6) is 0 Å². The first-order valence-corrected chi connectivity index (χ1v) is 11.3. The second-order valence-corrected chi connectivity index (χ2v) is 9.11. The van der Waals surface area contributed by atoms with Gasteiger partial charge in [0.2, 0.25) is 0 Å². The first kappa shape index (κ1) is 19.7. The van der Waals surface area contributed by atoms with Gasteiger partial charge in [-0.2, -0.15) is 0 Å². The molecule has 0 spiro atoms. The van der Waals surface area contributed by atoms with E-state index in [9.17, 15) is 10.0 Å². The lowest BCUT2D eigenvalue weighted by atomic mass is 9.77. The van der Waals surface area contributed by atoms with Gasteiger partial charge in [0.15, 0.2) is 0 Å². The summed E-state index contributed by atoms with van der Waals surface area (Å²) in [6, 6.07) is 16.3. The van der Waals surface area contributed by atoms with Gasteiger partial charge >= 0.3 is 0 Å². The van der Waals surface area contributed by atoms with E-state index in [-0.39, 0.29) is 5.91 Å². The summed E-state index contributed by atoms with van der Waals surface area (Å²) in [5.74, 6) is 0.439. The number of benzene rings is 2. The molecular weight excluding hydrogens is 374 g/mol. The zero-order valence-corrected chi connectivity index (χ0v) is 17.6. The van der Waals surface area contributed by atoms with Crippen molar-refractivity contribution >= 4 is 5.91 Å². The third kappa shape index (κ3) is 3.55. The maximum atomic E-state index is 13.0. The third-order valence-corrected chi connectivity index (χ3v) is 7.39. The van der Waals surface area contributed by atoms with Gasteiger partial charge in [0.1, 0.15) is 0 Å². The van der Waals surface area contributed by atoms with Crippen LogP contribution in [0, 0.1) is 5.92 Å². The molecule has 4 atom stereocenters. The molecule has 2 saturated heterocycles. The van der Waals surface area contributed by atoms with Crippen molar-refractivity contribution in [1.29, 1.82) is 0 Å². The second kappa shape index (κ2) is 8.14. The van der Waals surface area contributed by atoms with Crippen molar-refractivity contribution in [3.05, 3.63) is 70.8 Å².